The van der Waals surface area contributed by atoms with Crippen molar-refractivity contribution in [3.05, 3.63) is 59.9 Å². The Labute approximate surface area is 126 Å². The first kappa shape index (κ1) is 15.2. The summed E-state index contributed by atoms with van der Waals surface area (Å²) in [5.41, 5.74) is 6.47. The van der Waals surface area contributed by atoms with Crippen LogP contribution in [0.4, 0.5) is 5.69 Å². The van der Waals surface area contributed by atoms with Gasteiger partial charge in [0.05, 0.1) is 12.2 Å². The Morgan fingerprint density at radius 3 is 2.32 bits per heavy atom. The third kappa shape index (κ3) is 4.14. The molecule has 1 aromatic carbocycles. The molecule has 2 aromatic rings. The second-order valence-corrected chi connectivity index (χ2v) is 4.40. The van der Waals surface area contributed by atoms with Crippen LogP contribution in [0.5, 0.6) is 0 Å². The minimum atomic E-state index is -0.803. The van der Waals surface area contributed by atoms with Gasteiger partial charge in [-0.05, 0) is 36.4 Å². The normalized spacial score (nSPS) is 9.82. The maximum Gasteiger partial charge on any atom is 0.313 e. The van der Waals surface area contributed by atoms with Crippen molar-refractivity contribution in [1.82, 2.24) is 10.3 Å². The van der Waals surface area contributed by atoms with Crippen LogP contribution in [-0.4, -0.2) is 22.7 Å². The predicted molar refractivity (Wildman–Crippen MR) is 79.7 cm³/mol. The van der Waals surface area contributed by atoms with E-state index < -0.39 is 17.7 Å². The number of carbonyl (C=O) groups excluding carboxylic acids is 3. The van der Waals surface area contributed by atoms with E-state index in [-0.39, 0.29) is 6.54 Å². The zero-order valence-corrected chi connectivity index (χ0v) is 11.6. The number of amides is 3. The van der Waals surface area contributed by atoms with E-state index >= 15 is 0 Å². The topological polar surface area (TPSA) is 114 Å². The maximum atomic E-state index is 11.7. The highest BCUT2D eigenvalue weighted by Gasteiger charge is 2.13. The molecule has 7 nitrogen and oxygen atoms in total. The van der Waals surface area contributed by atoms with E-state index in [1.54, 1.807) is 24.4 Å². The lowest BCUT2D eigenvalue weighted by molar-refractivity contribution is -0.136. The molecule has 1 aromatic heterocycles. The van der Waals surface area contributed by atoms with Gasteiger partial charge >= 0.3 is 11.8 Å². The molecule has 0 fully saturated rings. The van der Waals surface area contributed by atoms with Gasteiger partial charge in [0, 0.05) is 17.4 Å². The third-order valence-electron chi connectivity index (χ3n) is 2.79. The summed E-state index contributed by atoms with van der Waals surface area (Å²) in [6, 6.07) is 11.2. The van der Waals surface area contributed by atoms with Gasteiger partial charge in [0.25, 0.3) is 0 Å². The molecular weight excluding hydrogens is 284 g/mol. The molecule has 0 aliphatic rings. The van der Waals surface area contributed by atoms with E-state index in [1.807, 2.05) is 0 Å². The molecule has 0 radical (unpaired) electrons. The summed E-state index contributed by atoms with van der Waals surface area (Å²) in [6.45, 7) is 0.160. The molecule has 2 rings (SSSR count). The quantitative estimate of drug-likeness (QED) is 0.710. The molecule has 0 aliphatic heterocycles. The molecule has 0 spiro atoms. The zero-order valence-electron chi connectivity index (χ0n) is 11.6. The Kier molecular flexibility index (Phi) is 4.81. The van der Waals surface area contributed by atoms with Crippen LogP contribution < -0.4 is 16.4 Å². The summed E-state index contributed by atoms with van der Waals surface area (Å²) in [7, 11) is 0. The Bertz CT molecular complexity index is 684. The molecule has 22 heavy (non-hydrogen) atoms. The molecule has 0 aliphatic carbocycles. The van der Waals surface area contributed by atoms with E-state index in [9.17, 15) is 14.4 Å². The minimum Gasteiger partial charge on any atom is -0.366 e. The summed E-state index contributed by atoms with van der Waals surface area (Å²) in [5, 5.41) is 4.88. The number of nitrogens with zero attached hydrogens (tertiary/aromatic N) is 1. The predicted octanol–water partition coefficient (Wildman–Crippen LogP) is 0.435. The minimum absolute atomic E-state index is 0.160. The first-order chi connectivity index (χ1) is 10.6. The standard InChI is InChI=1S/C15H14N4O3/c16-13(20)10-4-6-11(7-5-10)19-15(22)14(21)18-9-12-3-1-2-8-17-12/h1-8H,9H2,(H2,16,20)(H,18,21)(H,19,22). The Morgan fingerprint density at radius 2 is 1.73 bits per heavy atom. The van der Waals surface area contributed by atoms with Gasteiger partial charge in [-0.2, -0.15) is 0 Å². The van der Waals surface area contributed by atoms with Crippen molar-refractivity contribution in [1.29, 1.82) is 0 Å². The van der Waals surface area contributed by atoms with Crippen molar-refractivity contribution >= 4 is 23.4 Å². The van der Waals surface area contributed by atoms with Crippen LogP contribution in [-0.2, 0) is 16.1 Å². The van der Waals surface area contributed by atoms with Gasteiger partial charge in [0.1, 0.15) is 0 Å². The van der Waals surface area contributed by atoms with E-state index in [2.05, 4.69) is 15.6 Å². The Balaban J connectivity index is 1.88. The monoisotopic (exact) mass is 298 g/mol. The first-order valence-corrected chi connectivity index (χ1v) is 6.45. The summed E-state index contributed by atoms with van der Waals surface area (Å²) >= 11 is 0. The van der Waals surface area contributed by atoms with E-state index in [4.69, 9.17) is 5.73 Å². The van der Waals surface area contributed by atoms with Crippen LogP contribution >= 0.6 is 0 Å². The van der Waals surface area contributed by atoms with Gasteiger partial charge in [-0.15, -0.1) is 0 Å². The van der Waals surface area contributed by atoms with Gasteiger partial charge in [-0.25, -0.2) is 0 Å². The lowest BCUT2D eigenvalue weighted by atomic mass is 10.2. The fourth-order valence-electron chi connectivity index (χ4n) is 1.66. The second kappa shape index (κ2) is 6.98. The van der Waals surface area contributed by atoms with Crippen molar-refractivity contribution < 1.29 is 14.4 Å². The van der Waals surface area contributed by atoms with Gasteiger partial charge in [0.2, 0.25) is 5.91 Å². The van der Waals surface area contributed by atoms with Crippen LogP contribution in [0.3, 0.4) is 0 Å². The molecule has 7 heteroatoms. The van der Waals surface area contributed by atoms with Gasteiger partial charge in [-0.3, -0.25) is 19.4 Å². The number of rotatable bonds is 4. The summed E-state index contributed by atoms with van der Waals surface area (Å²) < 4.78 is 0. The molecule has 0 unspecified atom stereocenters. The highest BCUT2D eigenvalue weighted by atomic mass is 16.2. The first-order valence-electron chi connectivity index (χ1n) is 6.45. The van der Waals surface area contributed by atoms with Gasteiger partial charge < -0.3 is 16.4 Å². The van der Waals surface area contributed by atoms with E-state index in [1.165, 1.54) is 24.3 Å². The summed E-state index contributed by atoms with van der Waals surface area (Å²) in [4.78, 5) is 38.3. The second-order valence-electron chi connectivity index (χ2n) is 4.40. The Morgan fingerprint density at radius 1 is 1.00 bits per heavy atom. The number of nitrogens with one attached hydrogen (secondary N) is 2. The molecule has 0 saturated carbocycles. The molecule has 0 bridgehead atoms. The number of nitrogens with two attached hydrogens (primary N) is 1. The molecule has 3 amide bonds. The number of anilines is 1. The van der Waals surface area contributed by atoms with Crippen molar-refractivity contribution in [3.8, 4) is 0 Å². The van der Waals surface area contributed by atoms with Crippen LogP contribution in [0, 0.1) is 0 Å². The number of benzene rings is 1. The number of carbonyl (C=O) groups is 3. The lowest BCUT2D eigenvalue weighted by Gasteiger charge is -2.06. The van der Waals surface area contributed by atoms with Crippen molar-refractivity contribution in [3.63, 3.8) is 0 Å². The summed E-state index contributed by atoms with van der Waals surface area (Å²) in [6.07, 6.45) is 1.60. The highest BCUT2D eigenvalue weighted by Crippen LogP contribution is 2.08. The van der Waals surface area contributed by atoms with Crippen molar-refractivity contribution in [2.24, 2.45) is 5.73 Å². The summed E-state index contributed by atoms with van der Waals surface area (Å²) in [5.74, 6) is -2.14. The average molecular weight is 298 g/mol. The lowest BCUT2D eigenvalue weighted by Crippen LogP contribution is -2.35. The van der Waals surface area contributed by atoms with Crippen molar-refractivity contribution in [2.75, 3.05) is 5.32 Å². The molecule has 112 valence electrons. The van der Waals surface area contributed by atoms with E-state index in [0.29, 0.717) is 16.9 Å². The fourth-order valence-corrected chi connectivity index (χ4v) is 1.66. The van der Waals surface area contributed by atoms with Crippen LogP contribution in [0.2, 0.25) is 0 Å². The number of hydrogen-bond acceptors (Lipinski definition) is 4. The highest BCUT2D eigenvalue weighted by molar-refractivity contribution is 6.39. The fraction of sp³-hybridized carbons (Fsp3) is 0.0667. The molecule has 1 heterocycles. The zero-order chi connectivity index (χ0) is 15.9. The molecule has 0 saturated heterocycles. The molecular formula is C15H14N4O3. The SMILES string of the molecule is NC(=O)c1ccc(NC(=O)C(=O)NCc2ccccn2)cc1. The smallest absolute Gasteiger partial charge is 0.313 e. The average Bonchev–Trinajstić information content (AvgIpc) is 2.54. The number of pyridine rings is 1. The van der Waals surface area contributed by atoms with Crippen LogP contribution in [0.25, 0.3) is 0 Å². The maximum absolute atomic E-state index is 11.7. The van der Waals surface area contributed by atoms with Crippen molar-refractivity contribution in [2.45, 2.75) is 6.54 Å². The van der Waals surface area contributed by atoms with Gasteiger partial charge in [0.15, 0.2) is 0 Å². The molecule has 4 N–H and O–H groups in total. The van der Waals surface area contributed by atoms with Crippen LogP contribution in [0.1, 0.15) is 16.1 Å². The number of hydrogen-bond donors (Lipinski definition) is 3. The molecule has 0 atom stereocenters. The largest absolute Gasteiger partial charge is 0.366 e. The third-order valence-corrected chi connectivity index (χ3v) is 2.79. The number of aromatic nitrogens is 1. The van der Waals surface area contributed by atoms with E-state index in [0.717, 1.165) is 0 Å². The van der Waals surface area contributed by atoms with Gasteiger partial charge in [-0.1, -0.05) is 6.07 Å². The Hall–Kier alpha value is -3.22. The van der Waals surface area contributed by atoms with Crippen LogP contribution in [0.15, 0.2) is 48.7 Å². The number of primary amides is 1.